The Morgan fingerprint density at radius 2 is 2.08 bits per heavy atom. The molecule has 1 saturated carbocycles. The maximum atomic E-state index is 13.4. The van der Waals surface area contributed by atoms with Crippen LogP contribution < -0.4 is 5.32 Å². The van der Waals surface area contributed by atoms with E-state index in [0.29, 0.717) is 38.3 Å². The van der Waals surface area contributed by atoms with Gasteiger partial charge in [0.2, 0.25) is 10.0 Å². The van der Waals surface area contributed by atoms with Gasteiger partial charge in [0.25, 0.3) is 0 Å². The number of nitrogens with one attached hydrogen (secondary N) is 1. The summed E-state index contributed by atoms with van der Waals surface area (Å²) < 4.78 is 35.1. The molecule has 8 nitrogen and oxygen atoms in total. The number of hydrogen-bond acceptors (Lipinski definition) is 6. The van der Waals surface area contributed by atoms with Crippen LogP contribution >= 0.6 is 12.4 Å². The lowest BCUT2D eigenvalue weighted by Gasteiger charge is -2.39. The van der Waals surface area contributed by atoms with Crippen molar-refractivity contribution in [1.82, 2.24) is 19.2 Å². The molecule has 148 valence electrons. The number of carbonyl (C=O) groups excluding carboxylic acids is 1. The van der Waals surface area contributed by atoms with E-state index < -0.39 is 27.2 Å². The summed E-state index contributed by atoms with van der Waals surface area (Å²) >= 11 is 0. The number of rotatable bonds is 4. The zero-order valence-corrected chi connectivity index (χ0v) is 16.8. The van der Waals surface area contributed by atoms with Gasteiger partial charge < -0.3 is 14.6 Å². The van der Waals surface area contributed by atoms with Gasteiger partial charge in [-0.2, -0.15) is 4.31 Å². The summed E-state index contributed by atoms with van der Waals surface area (Å²) in [5.41, 5.74) is 0. The van der Waals surface area contributed by atoms with E-state index in [2.05, 4.69) is 10.3 Å². The van der Waals surface area contributed by atoms with E-state index in [1.807, 2.05) is 17.8 Å². The Bertz CT molecular complexity index is 724. The van der Waals surface area contributed by atoms with Gasteiger partial charge in [0.1, 0.15) is 5.82 Å². The van der Waals surface area contributed by atoms with Crippen LogP contribution in [0, 0.1) is 5.92 Å². The van der Waals surface area contributed by atoms with E-state index in [1.165, 1.54) is 11.4 Å². The highest BCUT2D eigenvalue weighted by Gasteiger charge is 2.46. The summed E-state index contributed by atoms with van der Waals surface area (Å²) in [6, 6.07) is -0.362. The van der Waals surface area contributed by atoms with Gasteiger partial charge in [-0.15, -0.1) is 12.4 Å². The fraction of sp³-hybridized carbons (Fsp3) is 0.750. The quantitative estimate of drug-likeness (QED) is 0.745. The number of methoxy groups -OCH3 is 1. The molecule has 1 aromatic heterocycles. The molecule has 1 saturated heterocycles. The van der Waals surface area contributed by atoms with Crippen LogP contribution in [0.25, 0.3) is 0 Å². The highest BCUT2D eigenvalue weighted by Crippen LogP contribution is 2.35. The van der Waals surface area contributed by atoms with E-state index in [0.717, 1.165) is 12.8 Å². The summed E-state index contributed by atoms with van der Waals surface area (Å²) in [6.07, 6.45) is 6.22. The van der Waals surface area contributed by atoms with Crippen molar-refractivity contribution < 1.29 is 17.9 Å². The Kier molecular flexibility index (Phi) is 7.06. The Labute approximate surface area is 160 Å². The van der Waals surface area contributed by atoms with Gasteiger partial charge in [0.15, 0.2) is 0 Å². The maximum absolute atomic E-state index is 13.4. The highest BCUT2D eigenvalue weighted by atomic mass is 35.5. The molecule has 1 N–H and O–H groups in total. The zero-order chi connectivity index (χ0) is 18.0. The van der Waals surface area contributed by atoms with Crippen molar-refractivity contribution in [2.45, 2.75) is 37.0 Å². The van der Waals surface area contributed by atoms with E-state index in [4.69, 9.17) is 4.74 Å². The first-order valence-corrected chi connectivity index (χ1v) is 10.2. The number of aryl methyl sites for hydroxylation is 1. The number of imidazole rings is 1. The molecule has 0 bridgehead atoms. The van der Waals surface area contributed by atoms with Crippen molar-refractivity contribution in [3.63, 3.8) is 0 Å². The second-order valence-electron chi connectivity index (χ2n) is 6.72. The van der Waals surface area contributed by atoms with Gasteiger partial charge in [-0.1, -0.05) is 12.8 Å². The second kappa shape index (κ2) is 8.69. The molecule has 0 spiro atoms. The molecule has 3 atom stereocenters. The smallest absolute Gasteiger partial charge is 0.310 e. The fourth-order valence-corrected chi connectivity index (χ4v) is 6.30. The van der Waals surface area contributed by atoms with Crippen molar-refractivity contribution in [2.75, 3.05) is 26.7 Å². The third-order valence-electron chi connectivity index (χ3n) is 5.27. The number of piperazine rings is 1. The lowest BCUT2D eigenvalue weighted by atomic mass is 9.89. The van der Waals surface area contributed by atoms with Gasteiger partial charge in [-0.3, -0.25) is 4.79 Å². The van der Waals surface area contributed by atoms with E-state index >= 15 is 0 Å². The summed E-state index contributed by atoms with van der Waals surface area (Å²) in [5.74, 6) is -0.293. The normalized spacial score (nSPS) is 27.5. The summed E-state index contributed by atoms with van der Waals surface area (Å²) in [6.45, 7) is 1.49. The van der Waals surface area contributed by atoms with Gasteiger partial charge in [0.05, 0.1) is 24.3 Å². The van der Waals surface area contributed by atoms with Crippen molar-refractivity contribution in [3.8, 4) is 0 Å². The Hall–Kier alpha value is -1.16. The Balaban J connectivity index is 0.00000243. The van der Waals surface area contributed by atoms with Gasteiger partial charge in [-0.25, -0.2) is 13.4 Å². The third kappa shape index (κ3) is 3.90. The number of esters is 1. The van der Waals surface area contributed by atoms with Crippen LogP contribution in [0.5, 0.6) is 0 Å². The van der Waals surface area contributed by atoms with Crippen molar-refractivity contribution >= 4 is 28.4 Å². The number of nitrogens with zero attached hydrogens (tertiary/aromatic N) is 3. The maximum Gasteiger partial charge on any atom is 0.310 e. The molecule has 1 aromatic rings. The minimum atomic E-state index is -3.64. The van der Waals surface area contributed by atoms with Crippen LogP contribution in [0.4, 0.5) is 0 Å². The first kappa shape index (κ1) is 21.1. The van der Waals surface area contributed by atoms with Crippen molar-refractivity contribution in [2.24, 2.45) is 13.0 Å². The first-order chi connectivity index (χ1) is 12.0. The standard InChI is InChI=1S/C16H26N4O4S.ClH/c1-19-9-8-18-15(19)13-11-17-7-10-20(13)25(22,23)14-6-4-3-5-12(14)16(21)24-2;/h8-9,12-14,17H,3-7,10-11H2,1-2H3;1H. The molecular formula is C16H27ClN4O4S. The predicted octanol–water partition coefficient (Wildman–Crippen LogP) is 0.850. The summed E-state index contributed by atoms with van der Waals surface area (Å²) in [7, 11) is -0.460. The molecular weight excluding hydrogens is 380 g/mol. The molecule has 0 radical (unpaired) electrons. The zero-order valence-electron chi connectivity index (χ0n) is 15.1. The molecule has 1 aliphatic heterocycles. The van der Waals surface area contributed by atoms with Crippen LogP contribution in [-0.4, -0.2) is 60.2 Å². The topological polar surface area (TPSA) is 93.5 Å². The molecule has 2 heterocycles. The predicted molar refractivity (Wildman–Crippen MR) is 99.5 cm³/mol. The van der Waals surface area contributed by atoms with E-state index in [1.54, 1.807) is 6.20 Å². The molecule has 1 aliphatic carbocycles. The molecule has 3 rings (SSSR count). The van der Waals surface area contributed by atoms with Crippen LogP contribution in [0.2, 0.25) is 0 Å². The largest absolute Gasteiger partial charge is 0.469 e. The monoisotopic (exact) mass is 406 g/mol. The van der Waals surface area contributed by atoms with Crippen molar-refractivity contribution in [3.05, 3.63) is 18.2 Å². The van der Waals surface area contributed by atoms with Crippen LogP contribution in [0.3, 0.4) is 0 Å². The molecule has 10 heteroatoms. The average Bonchev–Trinajstić information content (AvgIpc) is 3.07. The van der Waals surface area contributed by atoms with Crippen LogP contribution in [0.15, 0.2) is 12.4 Å². The summed E-state index contributed by atoms with van der Waals surface area (Å²) in [5, 5.41) is 2.54. The molecule has 0 amide bonds. The minimum Gasteiger partial charge on any atom is -0.469 e. The SMILES string of the molecule is COC(=O)C1CCCCC1S(=O)(=O)N1CCNCC1c1nccn1C.Cl. The van der Waals surface area contributed by atoms with Crippen LogP contribution in [0.1, 0.15) is 37.5 Å². The average molecular weight is 407 g/mol. The first-order valence-electron chi connectivity index (χ1n) is 8.73. The molecule has 3 unspecified atom stereocenters. The van der Waals surface area contributed by atoms with Crippen molar-refractivity contribution in [1.29, 1.82) is 0 Å². The lowest BCUT2D eigenvalue weighted by Crippen LogP contribution is -2.54. The van der Waals surface area contributed by atoms with Crippen LogP contribution in [-0.2, 0) is 26.6 Å². The number of halogens is 1. The summed E-state index contributed by atoms with van der Waals surface area (Å²) in [4.78, 5) is 16.5. The Morgan fingerprint density at radius 3 is 2.73 bits per heavy atom. The van der Waals surface area contributed by atoms with E-state index in [-0.39, 0.29) is 18.4 Å². The number of carbonyl (C=O) groups is 1. The number of hydrogen-bond donors (Lipinski definition) is 1. The second-order valence-corrected chi connectivity index (χ2v) is 8.83. The fourth-order valence-electron chi connectivity index (χ4n) is 3.96. The molecule has 0 aromatic carbocycles. The highest BCUT2D eigenvalue weighted by molar-refractivity contribution is 7.89. The molecule has 26 heavy (non-hydrogen) atoms. The molecule has 2 aliphatic rings. The van der Waals surface area contributed by atoms with Gasteiger partial charge >= 0.3 is 5.97 Å². The van der Waals surface area contributed by atoms with Gasteiger partial charge in [-0.05, 0) is 12.8 Å². The Morgan fingerprint density at radius 1 is 1.35 bits per heavy atom. The number of ether oxygens (including phenoxy) is 1. The lowest BCUT2D eigenvalue weighted by molar-refractivity contribution is -0.146. The molecule has 2 fully saturated rings. The van der Waals surface area contributed by atoms with Gasteiger partial charge in [0, 0.05) is 39.1 Å². The minimum absolute atomic E-state index is 0. The third-order valence-corrected chi connectivity index (χ3v) is 7.69. The van der Waals surface area contributed by atoms with E-state index in [9.17, 15) is 13.2 Å². The number of aromatic nitrogens is 2. The number of sulfonamides is 1.